The van der Waals surface area contributed by atoms with Crippen LogP contribution in [-0.4, -0.2) is 49.9 Å². The molecule has 0 aromatic carbocycles. The maximum Gasteiger partial charge on any atom is 0.208 e. The highest BCUT2D eigenvalue weighted by atomic mass is 32.2. The number of ether oxygens (including phenoxy) is 4. The summed E-state index contributed by atoms with van der Waals surface area (Å²) in [4.78, 5) is 19.3. The van der Waals surface area contributed by atoms with Crippen LogP contribution in [0.15, 0.2) is 64.9 Å². The SMILES string of the molecule is CCc1ncccc1Oc1cc(Sc2ccccn2)cnc1Nc1nc(C2OC3(CCCCC3)OC2COC)ns1. The largest absolute Gasteiger partial charge is 0.452 e. The highest BCUT2D eigenvalue weighted by Crippen LogP contribution is 2.46. The third-order valence-corrected chi connectivity index (χ3v) is 8.56. The number of methoxy groups -OCH3 is 1. The van der Waals surface area contributed by atoms with Gasteiger partial charge in [-0.15, -0.1) is 0 Å². The first kappa shape index (κ1) is 28.0. The van der Waals surface area contributed by atoms with E-state index in [0.717, 1.165) is 47.7 Å². The zero-order valence-corrected chi connectivity index (χ0v) is 24.6. The summed E-state index contributed by atoms with van der Waals surface area (Å²) < 4.78 is 29.4. The van der Waals surface area contributed by atoms with Gasteiger partial charge in [-0.05, 0) is 43.5 Å². The lowest BCUT2D eigenvalue weighted by molar-refractivity contribution is -0.197. The van der Waals surface area contributed by atoms with Crippen LogP contribution in [0.5, 0.6) is 11.5 Å². The van der Waals surface area contributed by atoms with Gasteiger partial charge in [-0.2, -0.15) is 4.37 Å². The van der Waals surface area contributed by atoms with Gasteiger partial charge in [-0.25, -0.2) is 15.0 Å². The van der Waals surface area contributed by atoms with E-state index < -0.39 is 11.9 Å². The van der Waals surface area contributed by atoms with Crippen molar-refractivity contribution < 1.29 is 18.9 Å². The lowest BCUT2D eigenvalue weighted by Gasteiger charge is -2.31. The maximum atomic E-state index is 6.50. The molecule has 1 aliphatic carbocycles. The number of hydrogen-bond acceptors (Lipinski definition) is 12. The molecule has 5 heterocycles. The molecule has 4 aromatic heterocycles. The van der Waals surface area contributed by atoms with E-state index in [2.05, 4.69) is 19.7 Å². The smallest absolute Gasteiger partial charge is 0.208 e. The summed E-state index contributed by atoms with van der Waals surface area (Å²) in [5.41, 5.74) is 0.860. The lowest BCUT2D eigenvalue weighted by atomic mass is 9.94. The number of pyridine rings is 3. The molecule has 2 atom stereocenters. The minimum atomic E-state index is -0.574. The Balaban J connectivity index is 1.26. The van der Waals surface area contributed by atoms with Gasteiger partial charge < -0.3 is 24.3 Å². The normalized spacial score (nSPS) is 19.9. The molecule has 1 N–H and O–H groups in total. The molecule has 1 aliphatic heterocycles. The third kappa shape index (κ3) is 6.52. The molecule has 41 heavy (non-hydrogen) atoms. The van der Waals surface area contributed by atoms with Crippen LogP contribution in [0.3, 0.4) is 0 Å². The van der Waals surface area contributed by atoms with E-state index in [4.69, 9.17) is 28.9 Å². The van der Waals surface area contributed by atoms with E-state index in [-0.39, 0.29) is 6.10 Å². The van der Waals surface area contributed by atoms with Crippen LogP contribution in [0, 0.1) is 0 Å². The fraction of sp³-hybridized carbons (Fsp3) is 0.414. The molecule has 10 nitrogen and oxygen atoms in total. The van der Waals surface area contributed by atoms with Crippen LogP contribution >= 0.6 is 23.3 Å². The van der Waals surface area contributed by atoms with Crippen molar-refractivity contribution in [2.45, 2.75) is 73.4 Å². The van der Waals surface area contributed by atoms with Crippen LogP contribution in [0.25, 0.3) is 0 Å². The standard InChI is InChI=1S/C29H32N6O4S2/c1-3-20-21(10-9-15-30-20)37-22-16-19(40-24-11-5-8-14-31-24)17-32-26(22)33-28-34-27(35-41-28)25-23(18-36-2)38-29(39-25)12-6-4-7-13-29/h5,8-11,14-17,23,25H,3-4,6-7,12-13,18H2,1-2H3,(H,32,33,34,35). The molecular weight excluding hydrogens is 560 g/mol. The molecule has 0 bridgehead atoms. The number of nitrogens with zero attached hydrogens (tertiary/aromatic N) is 5. The highest BCUT2D eigenvalue weighted by Gasteiger charge is 2.49. The summed E-state index contributed by atoms with van der Waals surface area (Å²) in [6, 6.07) is 11.5. The number of anilines is 2. The second kappa shape index (κ2) is 12.8. The summed E-state index contributed by atoms with van der Waals surface area (Å²) in [7, 11) is 1.67. The Kier molecular flexibility index (Phi) is 8.73. The zero-order valence-electron chi connectivity index (χ0n) is 23.0. The van der Waals surface area contributed by atoms with Crippen molar-refractivity contribution in [2.24, 2.45) is 0 Å². The molecule has 6 rings (SSSR count). The number of hydrogen-bond donors (Lipinski definition) is 1. The van der Waals surface area contributed by atoms with E-state index in [1.807, 2.05) is 43.3 Å². The lowest BCUT2D eigenvalue weighted by Crippen LogP contribution is -2.33. The zero-order chi connectivity index (χ0) is 28.1. The molecule has 1 spiro atoms. The van der Waals surface area contributed by atoms with Crippen LogP contribution in [-0.2, 0) is 20.6 Å². The van der Waals surface area contributed by atoms with E-state index >= 15 is 0 Å². The van der Waals surface area contributed by atoms with Crippen LogP contribution < -0.4 is 10.1 Å². The Morgan fingerprint density at radius 3 is 2.73 bits per heavy atom. The number of aromatic nitrogens is 5. The molecule has 4 aromatic rings. The Labute approximate surface area is 247 Å². The second-order valence-electron chi connectivity index (χ2n) is 9.90. The summed E-state index contributed by atoms with van der Waals surface area (Å²) in [6.45, 7) is 2.46. The van der Waals surface area contributed by atoms with Gasteiger partial charge in [0.05, 0.1) is 12.3 Å². The van der Waals surface area contributed by atoms with Gasteiger partial charge in [0.2, 0.25) is 5.13 Å². The first-order valence-corrected chi connectivity index (χ1v) is 15.4. The van der Waals surface area contributed by atoms with Crippen molar-refractivity contribution in [3.8, 4) is 11.5 Å². The summed E-state index contributed by atoms with van der Waals surface area (Å²) in [5, 5.41) is 4.76. The molecule has 2 fully saturated rings. The molecule has 0 radical (unpaired) electrons. The molecule has 1 saturated carbocycles. The Bertz CT molecular complexity index is 1450. The van der Waals surface area contributed by atoms with Gasteiger partial charge in [0.1, 0.15) is 16.9 Å². The third-order valence-electron chi connectivity index (χ3n) is 7.00. The second-order valence-corrected chi connectivity index (χ2v) is 11.7. The Morgan fingerprint density at radius 1 is 1.05 bits per heavy atom. The fourth-order valence-electron chi connectivity index (χ4n) is 5.09. The van der Waals surface area contributed by atoms with Crippen LogP contribution in [0.4, 0.5) is 10.9 Å². The van der Waals surface area contributed by atoms with Crippen molar-refractivity contribution in [2.75, 3.05) is 19.0 Å². The van der Waals surface area contributed by atoms with Gasteiger partial charge in [-0.1, -0.05) is 31.2 Å². The first-order valence-electron chi connectivity index (χ1n) is 13.8. The predicted octanol–water partition coefficient (Wildman–Crippen LogP) is 6.74. The molecule has 2 unspecified atom stereocenters. The number of aryl methyl sites for hydroxylation is 1. The van der Waals surface area contributed by atoms with Crippen molar-refractivity contribution in [3.05, 3.63) is 66.5 Å². The van der Waals surface area contributed by atoms with Crippen LogP contribution in [0.1, 0.15) is 56.7 Å². The minimum absolute atomic E-state index is 0.265. The van der Waals surface area contributed by atoms with Gasteiger partial charge in [0.15, 0.2) is 29.3 Å². The molecular formula is C29H32N6O4S2. The summed E-state index contributed by atoms with van der Waals surface area (Å²) in [5.74, 6) is 1.74. The van der Waals surface area contributed by atoms with Crippen molar-refractivity contribution in [3.63, 3.8) is 0 Å². The number of nitrogens with one attached hydrogen (secondary N) is 1. The molecule has 0 amide bonds. The number of rotatable bonds is 10. The van der Waals surface area contributed by atoms with E-state index in [0.29, 0.717) is 34.9 Å². The fourth-order valence-corrected chi connectivity index (χ4v) is 6.46. The van der Waals surface area contributed by atoms with Crippen LogP contribution in [0.2, 0.25) is 0 Å². The van der Waals surface area contributed by atoms with Crippen molar-refractivity contribution >= 4 is 34.2 Å². The van der Waals surface area contributed by atoms with Crippen molar-refractivity contribution in [1.29, 1.82) is 0 Å². The van der Waals surface area contributed by atoms with E-state index in [1.54, 1.807) is 25.7 Å². The van der Waals surface area contributed by atoms with E-state index in [1.165, 1.54) is 29.7 Å². The topological polar surface area (TPSA) is 113 Å². The monoisotopic (exact) mass is 592 g/mol. The minimum Gasteiger partial charge on any atom is -0.452 e. The first-order chi connectivity index (χ1) is 20.1. The quantitative estimate of drug-likeness (QED) is 0.211. The summed E-state index contributed by atoms with van der Waals surface area (Å²) in [6.07, 6.45) is 10.5. The van der Waals surface area contributed by atoms with Gasteiger partial charge >= 0.3 is 0 Å². The molecule has 2 aliphatic rings. The molecule has 214 valence electrons. The van der Waals surface area contributed by atoms with Gasteiger partial charge in [0, 0.05) is 61.0 Å². The average Bonchev–Trinajstić information content (AvgIpc) is 3.60. The molecule has 12 heteroatoms. The predicted molar refractivity (Wildman–Crippen MR) is 156 cm³/mol. The summed E-state index contributed by atoms with van der Waals surface area (Å²) >= 11 is 2.75. The van der Waals surface area contributed by atoms with Crippen molar-refractivity contribution in [1.82, 2.24) is 24.3 Å². The maximum absolute atomic E-state index is 6.50. The molecule has 1 saturated heterocycles. The van der Waals surface area contributed by atoms with E-state index in [9.17, 15) is 0 Å². The average molecular weight is 593 g/mol. The Hall–Kier alpha value is -3.16. The Morgan fingerprint density at radius 2 is 1.93 bits per heavy atom. The van der Waals surface area contributed by atoms with Gasteiger partial charge in [-0.3, -0.25) is 4.98 Å². The highest BCUT2D eigenvalue weighted by molar-refractivity contribution is 7.99. The van der Waals surface area contributed by atoms with Gasteiger partial charge in [0.25, 0.3) is 0 Å².